The van der Waals surface area contributed by atoms with Gasteiger partial charge in [0.1, 0.15) is 5.82 Å². The molecule has 0 aliphatic carbocycles. The van der Waals surface area contributed by atoms with Gasteiger partial charge in [-0.25, -0.2) is 9.18 Å². The number of benzene rings is 1. The van der Waals surface area contributed by atoms with Crippen molar-refractivity contribution in [2.75, 3.05) is 0 Å². The molecular formula is C12H11F4NO3. The van der Waals surface area contributed by atoms with Gasteiger partial charge in [0.25, 0.3) is 0 Å². The van der Waals surface area contributed by atoms with Crippen LogP contribution in [0.3, 0.4) is 0 Å². The number of rotatable bonds is 3. The van der Waals surface area contributed by atoms with Crippen molar-refractivity contribution in [3.05, 3.63) is 35.1 Å². The van der Waals surface area contributed by atoms with E-state index < -0.39 is 35.0 Å². The summed E-state index contributed by atoms with van der Waals surface area (Å²) in [5, 5.41) is 0. The molecule has 20 heavy (non-hydrogen) atoms. The Hall–Kier alpha value is -2.12. The zero-order valence-corrected chi connectivity index (χ0v) is 10.5. The van der Waals surface area contributed by atoms with E-state index in [-0.39, 0.29) is 5.56 Å². The van der Waals surface area contributed by atoms with E-state index in [1.165, 1.54) is 13.8 Å². The first-order valence-corrected chi connectivity index (χ1v) is 5.35. The first-order valence-electron chi connectivity index (χ1n) is 5.35. The van der Waals surface area contributed by atoms with Gasteiger partial charge in [-0.1, -0.05) is 6.07 Å². The minimum Gasteiger partial charge on any atom is -0.435 e. The third-order valence-corrected chi connectivity index (χ3v) is 2.44. The van der Waals surface area contributed by atoms with Crippen molar-refractivity contribution < 1.29 is 31.9 Å². The second-order valence-electron chi connectivity index (χ2n) is 4.45. The number of halogens is 4. The second-order valence-corrected chi connectivity index (χ2v) is 4.45. The monoisotopic (exact) mass is 293 g/mol. The van der Waals surface area contributed by atoms with Crippen LogP contribution >= 0.6 is 0 Å². The number of amides is 1. The quantitative estimate of drug-likeness (QED) is 0.688. The average Bonchev–Trinajstić information content (AvgIpc) is 2.24. The largest absolute Gasteiger partial charge is 0.435 e. The van der Waals surface area contributed by atoms with Gasteiger partial charge in [-0.3, -0.25) is 4.79 Å². The van der Waals surface area contributed by atoms with E-state index in [9.17, 15) is 27.2 Å². The first-order chi connectivity index (χ1) is 8.95. The van der Waals surface area contributed by atoms with Crippen LogP contribution in [0.4, 0.5) is 22.4 Å². The standard InChI is InChI=1S/C12H11F4NO3/c1-11(2,20-10(17)19)9(18)6-3-4-7(8(13)5-6)12(14,15)16/h3-5H,1-2H3,(H2,17,19). The number of alkyl halides is 3. The maximum Gasteiger partial charge on any atom is 0.419 e. The molecule has 1 aromatic carbocycles. The molecule has 0 saturated heterocycles. The van der Waals surface area contributed by atoms with Crippen LogP contribution in [0.25, 0.3) is 0 Å². The van der Waals surface area contributed by atoms with Crippen molar-refractivity contribution >= 4 is 11.9 Å². The minimum absolute atomic E-state index is 0.359. The topological polar surface area (TPSA) is 69.4 Å². The van der Waals surface area contributed by atoms with Crippen LogP contribution in [0.15, 0.2) is 18.2 Å². The summed E-state index contributed by atoms with van der Waals surface area (Å²) in [6.07, 6.45) is -6.08. The lowest BCUT2D eigenvalue weighted by Crippen LogP contribution is -2.39. The molecule has 0 aliphatic rings. The zero-order valence-electron chi connectivity index (χ0n) is 10.5. The molecule has 0 fully saturated rings. The summed E-state index contributed by atoms with van der Waals surface area (Å²) in [6.45, 7) is 2.38. The third-order valence-electron chi connectivity index (χ3n) is 2.44. The molecule has 0 heterocycles. The molecule has 0 atom stereocenters. The Morgan fingerprint density at radius 3 is 2.15 bits per heavy atom. The van der Waals surface area contributed by atoms with Crippen molar-refractivity contribution in [1.29, 1.82) is 0 Å². The van der Waals surface area contributed by atoms with E-state index in [1.54, 1.807) is 0 Å². The Morgan fingerprint density at radius 2 is 1.75 bits per heavy atom. The highest BCUT2D eigenvalue weighted by atomic mass is 19.4. The molecule has 0 aromatic heterocycles. The van der Waals surface area contributed by atoms with Crippen LogP contribution in [0.5, 0.6) is 0 Å². The fourth-order valence-electron chi connectivity index (χ4n) is 1.53. The van der Waals surface area contributed by atoms with Gasteiger partial charge in [-0.05, 0) is 26.0 Å². The van der Waals surface area contributed by atoms with Crippen molar-refractivity contribution in [3.63, 3.8) is 0 Å². The van der Waals surface area contributed by atoms with E-state index in [4.69, 9.17) is 5.73 Å². The lowest BCUT2D eigenvalue weighted by Gasteiger charge is -2.22. The van der Waals surface area contributed by atoms with Crippen molar-refractivity contribution in [1.82, 2.24) is 0 Å². The predicted molar refractivity (Wildman–Crippen MR) is 60.5 cm³/mol. The Bertz CT molecular complexity index is 552. The molecule has 1 aromatic rings. The fraction of sp³-hybridized carbons (Fsp3) is 0.333. The fourth-order valence-corrected chi connectivity index (χ4v) is 1.53. The number of ketones is 1. The summed E-state index contributed by atoms with van der Waals surface area (Å²) >= 11 is 0. The third kappa shape index (κ3) is 3.46. The molecule has 0 unspecified atom stereocenters. The minimum atomic E-state index is -4.86. The van der Waals surface area contributed by atoms with Crippen LogP contribution in [-0.2, 0) is 10.9 Å². The first kappa shape index (κ1) is 15.9. The van der Waals surface area contributed by atoms with Gasteiger partial charge in [-0.2, -0.15) is 13.2 Å². The highest BCUT2D eigenvalue weighted by molar-refractivity contribution is 6.02. The molecule has 0 aliphatic heterocycles. The molecule has 1 rings (SSSR count). The van der Waals surface area contributed by atoms with Gasteiger partial charge in [0.15, 0.2) is 5.60 Å². The summed E-state index contributed by atoms with van der Waals surface area (Å²) in [4.78, 5) is 22.6. The average molecular weight is 293 g/mol. The second kappa shape index (κ2) is 5.10. The summed E-state index contributed by atoms with van der Waals surface area (Å²) in [7, 11) is 0. The van der Waals surface area contributed by atoms with E-state index in [0.29, 0.717) is 12.1 Å². The Morgan fingerprint density at radius 1 is 1.20 bits per heavy atom. The van der Waals surface area contributed by atoms with E-state index in [0.717, 1.165) is 6.07 Å². The van der Waals surface area contributed by atoms with Crippen LogP contribution in [0, 0.1) is 5.82 Å². The molecule has 2 N–H and O–H groups in total. The number of hydrogen-bond acceptors (Lipinski definition) is 3. The summed E-state index contributed by atoms with van der Waals surface area (Å²) in [5.74, 6) is -2.46. The van der Waals surface area contributed by atoms with Crippen LogP contribution < -0.4 is 5.73 Å². The molecule has 4 nitrogen and oxygen atoms in total. The van der Waals surface area contributed by atoms with Crippen LogP contribution in [0.2, 0.25) is 0 Å². The van der Waals surface area contributed by atoms with E-state index in [2.05, 4.69) is 4.74 Å². The van der Waals surface area contributed by atoms with Gasteiger partial charge in [-0.15, -0.1) is 0 Å². The number of Topliss-reactive ketones (excluding diaryl/α,β-unsaturated/α-hetero) is 1. The normalized spacial score (nSPS) is 12.1. The number of hydrogen-bond donors (Lipinski definition) is 1. The number of nitrogens with two attached hydrogens (primary N) is 1. The van der Waals surface area contributed by atoms with Gasteiger partial charge in [0, 0.05) is 5.56 Å². The summed E-state index contributed by atoms with van der Waals surface area (Å²) < 4.78 is 55.0. The summed E-state index contributed by atoms with van der Waals surface area (Å²) in [5.41, 5.74) is 1.22. The Balaban J connectivity index is 3.14. The smallest absolute Gasteiger partial charge is 0.419 e. The Labute approximate surface area is 111 Å². The highest BCUT2D eigenvalue weighted by Gasteiger charge is 2.36. The lowest BCUT2D eigenvalue weighted by molar-refractivity contribution is -0.140. The molecule has 110 valence electrons. The molecule has 0 radical (unpaired) electrons. The number of carbonyl (C=O) groups is 2. The molecular weight excluding hydrogens is 282 g/mol. The maximum atomic E-state index is 13.4. The highest BCUT2D eigenvalue weighted by Crippen LogP contribution is 2.32. The van der Waals surface area contributed by atoms with E-state index >= 15 is 0 Å². The zero-order chi connectivity index (χ0) is 15.7. The number of carbonyl (C=O) groups excluding carboxylic acids is 2. The molecule has 0 spiro atoms. The number of primary amides is 1. The van der Waals surface area contributed by atoms with Gasteiger partial charge < -0.3 is 10.5 Å². The molecule has 1 amide bonds. The van der Waals surface area contributed by atoms with Gasteiger partial charge in [0.2, 0.25) is 5.78 Å². The van der Waals surface area contributed by atoms with Gasteiger partial charge >= 0.3 is 12.3 Å². The molecule has 0 bridgehead atoms. The van der Waals surface area contributed by atoms with Crippen molar-refractivity contribution in [2.24, 2.45) is 5.73 Å². The van der Waals surface area contributed by atoms with E-state index in [1.807, 2.05) is 0 Å². The van der Waals surface area contributed by atoms with Crippen molar-refractivity contribution in [2.45, 2.75) is 25.6 Å². The van der Waals surface area contributed by atoms with Crippen LogP contribution in [0.1, 0.15) is 29.8 Å². The maximum absolute atomic E-state index is 13.4. The van der Waals surface area contributed by atoms with Crippen molar-refractivity contribution in [3.8, 4) is 0 Å². The van der Waals surface area contributed by atoms with Crippen LogP contribution in [-0.4, -0.2) is 17.5 Å². The molecule has 0 saturated carbocycles. The predicted octanol–water partition coefficient (Wildman–Crippen LogP) is 2.90. The lowest BCUT2D eigenvalue weighted by atomic mass is 9.95. The summed E-state index contributed by atoms with van der Waals surface area (Å²) in [6, 6.07) is 1.69. The SMILES string of the molecule is CC(C)(OC(N)=O)C(=O)c1ccc(C(F)(F)F)c(F)c1. The van der Waals surface area contributed by atoms with Gasteiger partial charge in [0.05, 0.1) is 5.56 Å². The molecule has 8 heteroatoms. The Kier molecular flexibility index (Phi) is 4.07. The number of ether oxygens (including phenoxy) is 1.